The first-order valence-corrected chi connectivity index (χ1v) is 8.32. The molecule has 0 unspecified atom stereocenters. The average Bonchev–Trinajstić information content (AvgIpc) is 2.87. The summed E-state index contributed by atoms with van der Waals surface area (Å²) < 4.78 is 22.9. The van der Waals surface area contributed by atoms with Crippen molar-refractivity contribution in [3.8, 4) is 0 Å². The van der Waals surface area contributed by atoms with Crippen LogP contribution >= 0.6 is 0 Å². The second kappa shape index (κ2) is 6.04. The Morgan fingerprint density at radius 2 is 2.14 bits per heavy atom. The minimum Gasteiger partial charge on any atom is -0.319 e. The molecule has 0 aliphatic rings. The van der Waals surface area contributed by atoms with Gasteiger partial charge in [0, 0.05) is 18.4 Å². The molecule has 2 N–H and O–H groups in total. The van der Waals surface area contributed by atoms with Crippen LogP contribution < -0.4 is 5.32 Å². The van der Waals surface area contributed by atoms with Gasteiger partial charge in [-0.2, -0.15) is 0 Å². The molecule has 2 aromatic rings. The zero-order chi connectivity index (χ0) is 15.5. The van der Waals surface area contributed by atoms with Crippen LogP contribution in [0.3, 0.4) is 0 Å². The number of nitrogens with one attached hydrogen (secondary N) is 2. The number of amides is 1. The van der Waals surface area contributed by atoms with Crippen molar-refractivity contribution in [3.05, 3.63) is 35.9 Å². The lowest BCUT2D eigenvalue weighted by molar-refractivity contribution is 0.101. The molecule has 0 spiro atoms. The maximum atomic E-state index is 12.0. The quantitative estimate of drug-likeness (QED) is 0.869. The monoisotopic (exact) mass is 308 g/mol. The van der Waals surface area contributed by atoms with Crippen LogP contribution in [0.2, 0.25) is 0 Å². The van der Waals surface area contributed by atoms with Gasteiger partial charge >= 0.3 is 0 Å². The normalized spacial score (nSPS) is 11.3. The Balaban J connectivity index is 2.15. The third kappa shape index (κ3) is 3.88. The van der Waals surface area contributed by atoms with Crippen LogP contribution in [0.25, 0.3) is 0 Å². The number of H-pyrrole nitrogens is 1. The van der Waals surface area contributed by atoms with E-state index in [1.807, 2.05) is 6.92 Å². The standard InChI is InChI=1S/C13H16N4O3S/c1-3-5-11-15-12(17-16-11)13(18)14-9-6-4-7-10(8-9)21(2,19)20/h4,6-8H,3,5H2,1-2H3,(H,14,18)(H,15,16,17). The van der Waals surface area contributed by atoms with Crippen LogP contribution in [-0.4, -0.2) is 35.8 Å². The smallest absolute Gasteiger partial charge is 0.295 e. The van der Waals surface area contributed by atoms with E-state index < -0.39 is 15.7 Å². The van der Waals surface area contributed by atoms with E-state index in [0.717, 1.165) is 12.7 Å². The van der Waals surface area contributed by atoms with Gasteiger partial charge in [0.1, 0.15) is 5.82 Å². The number of nitrogens with zero attached hydrogens (tertiary/aromatic N) is 2. The minimum absolute atomic E-state index is 0.0307. The summed E-state index contributed by atoms with van der Waals surface area (Å²) in [5.74, 6) is 0.190. The molecular formula is C13H16N4O3S. The first-order chi connectivity index (χ1) is 9.90. The number of anilines is 1. The van der Waals surface area contributed by atoms with Gasteiger partial charge in [-0.15, -0.1) is 5.10 Å². The summed E-state index contributed by atoms with van der Waals surface area (Å²) in [6.45, 7) is 2.00. The predicted molar refractivity (Wildman–Crippen MR) is 77.9 cm³/mol. The topological polar surface area (TPSA) is 105 Å². The molecule has 0 atom stereocenters. The van der Waals surface area contributed by atoms with E-state index in [0.29, 0.717) is 17.9 Å². The molecular weight excluding hydrogens is 292 g/mol. The van der Waals surface area contributed by atoms with Crippen molar-refractivity contribution in [2.24, 2.45) is 0 Å². The van der Waals surface area contributed by atoms with E-state index in [1.165, 1.54) is 12.1 Å². The highest BCUT2D eigenvalue weighted by Crippen LogP contribution is 2.15. The van der Waals surface area contributed by atoms with Crippen molar-refractivity contribution in [2.75, 3.05) is 11.6 Å². The van der Waals surface area contributed by atoms with E-state index in [-0.39, 0.29) is 10.7 Å². The van der Waals surface area contributed by atoms with Crippen LogP contribution in [0.1, 0.15) is 29.8 Å². The minimum atomic E-state index is -3.32. The maximum absolute atomic E-state index is 12.0. The van der Waals surface area contributed by atoms with E-state index in [4.69, 9.17) is 0 Å². The van der Waals surface area contributed by atoms with Crippen LogP contribution in [0.5, 0.6) is 0 Å². The van der Waals surface area contributed by atoms with Crippen molar-refractivity contribution in [1.29, 1.82) is 0 Å². The van der Waals surface area contributed by atoms with E-state index >= 15 is 0 Å². The SMILES string of the molecule is CCCc1nc(C(=O)Nc2cccc(S(C)(=O)=O)c2)n[nH]1. The van der Waals surface area contributed by atoms with Gasteiger partial charge in [-0.05, 0) is 24.6 Å². The van der Waals surface area contributed by atoms with Gasteiger partial charge in [-0.3, -0.25) is 9.89 Å². The molecule has 0 radical (unpaired) electrons. The van der Waals surface area contributed by atoms with Crippen molar-refractivity contribution in [3.63, 3.8) is 0 Å². The number of rotatable bonds is 5. The number of sulfone groups is 1. The number of aromatic amines is 1. The highest BCUT2D eigenvalue weighted by molar-refractivity contribution is 7.90. The fraction of sp³-hybridized carbons (Fsp3) is 0.308. The van der Waals surface area contributed by atoms with Crippen molar-refractivity contribution in [1.82, 2.24) is 15.2 Å². The van der Waals surface area contributed by atoms with Gasteiger partial charge in [0.2, 0.25) is 5.82 Å². The van der Waals surface area contributed by atoms with Gasteiger partial charge < -0.3 is 5.32 Å². The van der Waals surface area contributed by atoms with Crippen LogP contribution in [0.15, 0.2) is 29.2 Å². The van der Waals surface area contributed by atoms with Crippen LogP contribution in [0, 0.1) is 0 Å². The van der Waals surface area contributed by atoms with Gasteiger partial charge in [0.15, 0.2) is 9.84 Å². The largest absolute Gasteiger partial charge is 0.319 e. The fourth-order valence-electron chi connectivity index (χ4n) is 1.74. The lowest BCUT2D eigenvalue weighted by Crippen LogP contribution is -2.14. The Bertz CT molecular complexity index is 752. The Morgan fingerprint density at radius 3 is 2.81 bits per heavy atom. The van der Waals surface area contributed by atoms with E-state index in [1.54, 1.807) is 12.1 Å². The van der Waals surface area contributed by atoms with Crippen molar-refractivity contribution in [2.45, 2.75) is 24.7 Å². The van der Waals surface area contributed by atoms with Crippen molar-refractivity contribution >= 4 is 21.4 Å². The number of carbonyl (C=O) groups excluding carboxylic acids is 1. The highest BCUT2D eigenvalue weighted by atomic mass is 32.2. The predicted octanol–water partition coefficient (Wildman–Crippen LogP) is 1.41. The van der Waals surface area contributed by atoms with Crippen LogP contribution in [-0.2, 0) is 16.3 Å². The van der Waals surface area contributed by atoms with Gasteiger partial charge in [-0.25, -0.2) is 13.4 Å². The summed E-state index contributed by atoms with van der Waals surface area (Å²) >= 11 is 0. The number of carbonyl (C=O) groups is 1. The third-order valence-electron chi connectivity index (χ3n) is 2.74. The Hall–Kier alpha value is -2.22. The highest BCUT2D eigenvalue weighted by Gasteiger charge is 2.14. The number of aryl methyl sites for hydroxylation is 1. The summed E-state index contributed by atoms with van der Waals surface area (Å²) in [6.07, 6.45) is 2.72. The van der Waals surface area contributed by atoms with Gasteiger partial charge in [0.05, 0.1) is 4.90 Å². The summed E-state index contributed by atoms with van der Waals surface area (Å²) in [5.41, 5.74) is 0.379. The van der Waals surface area contributed by atoms with Gasteiger partial charge in [-0.1, -0.05) is 13.0 Å². The summed E-state index contributed by atoms with van der Waals surface area (Å²) in [7, 11) is -3.32. The second-order valence-corrected chi connectivity index (χ2v) is 6.63. The van der Waals surface area contributed by atoms with E-state index in [9.17, 15) is 13.2 Å². The summed E-state index contributed by atoms with van der Waals surface area (Å²) in [5, 5.41) is 9.10. The molecule has 1 amide bonds. The van der Waals surface area contributed by atoms with Crippen LogP contribution in [0.4, 0.5) is 5.69 Å². The maximum Gasteiger partial charge on any atom is 0.295 e. The lowest BCUT2D eigenvalue weighted by Gasteiger charge is -2.04. The number of aromatic nitrogens is 3. The summed E-state index contributed by atoms with van der Waals surface area (Å²) in [6, 6.07) is 6.03. The summed E-state index contributed by atoms with van der Waals surface area (Å²) in [4.78, 5) is 16.2. The van der Waals surface area contributed by atoms with Crippen molar-refractivity contribution < 1.29 is 13.2 Å². The molecule has 21 heavy (non-hydrogen) atoms. The molecule has 1 aromatic carbocycles. The molecule has 0 saturated heterocycles. The molecule has 7 nitrogen and oxygen atoms in total. The molecule has 1 aromatic heterocycles. The molecule has 0 aliphatic heterocycles. The molecule has 0 fully saturated rings. The Morgan fingerprint density at radius 1 is 1.38 bits per heavy atom. The average molecular weight is 308 g/mol. The number of hydrogen-bond donors (Lipinski definition) is 2. The first-order valence-electron chi connectivity index (χ1n) is 6.43. The fourth-order valence-corrected chi connectivity index (χ4v) is 2.40. The van der Waals surface area contributed by atoms with E-state index in [2.05, 4.69) is 20.5 Å². The zero-order valence-electron chi connectivity index (χ0n) is 11.8. The first kappa shape index (κ1) is 15.2. The lowest BCUT2D eigenvalue weighted by atomic mass is 10.3. The molecule has 2 rings (SSSR count). The molecule has 112 valence electrons. The molecule has 0 bridgehead atoms. The Labute approximate surface area is 122 Å². The molecule has 1 heterocycles. The number of hydrogen-bond acceptors (Lipinski definition) is 5. The molecule has 8 heteroatoms. The Kier molecular flexibility index (Phi) is 4.37. The molecule has 0 saturated carbocycles. The zero-order valence-corrected chi connectivity index (χ0v) is 12.6. The third-order valence-corrected chi connectivity index (χ3v) is 3.85. The second-order valence-electron chi connectivity index (χ2n) is 4.61. The molecule has 0 aliphatic carbocycles. The van der Waals surface area contributed by atoms with Gasteiger partial charge in [0.25, 0.3) is 5.91 Å². The number of benzene rings is 1.